The number of hydrogen-bond donors (Lipinski definition) is 3. The number of ether oxygens (including phenoxy) is 1. The molecule has 0 saturated carbocycles. The molecule has 6 nitrogen and oxygen atoms in total. The van der Waals surface area contributed by atoms with Crippen LogP contribution in [0.5, 0.6) is 5.75 Å². The number of amides is 2. The first-order valence-corrected chi connectivity index (χ1v) is 7.42. The van der Waals surface area contributed by atoms with Gasteiger partial charge in [0.25, 0.3) is 0 Å². The van der Waals surface area contributed by atoms with Crippen molar-refractivity contribution in [2.75, 3.05) is 13.1 Å². The minimum Gasteiger partial charge on any atom is -0.489 e. The van der Waals surface area contributed by atoms with E-state index in [1.165, 1.54) is 0 Å². The third kappa shape index (κ3) is 6.58. The summed E-state index contributed by atoms with van der Waals surface area (Å²) in [6, 6.07) is 8.78. The Kier molecular flexibility index (Phi) is 7.39. The van der Waals surface area contributed by atoms with Gasteiger partial charge in [0.15, 0.2) is 0 Å². The molecule has 4 N–H and O–H groups in total. The largest absolute Gasteiger partial charge is 0.489 e. The smallest absolute Gasteiger partial charge is 0.239 e. The van der Waals surface area contributed by atoms with Crippen LogP contribution in [0.15, 0.2) is 30.3 Å². The molecular weight excluding hydrogens is 282 g/mol. The zero-order valence-electron chi connectivity index (χ0n) is 13.3. The van der Waals surface area contributed by atoms with Gasteiger partial charge >= 0.3 is 0 Å². The van der Waals surface area contributed by atoms with Gasteiger partial charge in [-0.05, 0) is 25.0 Å². The summed E-state index contributed by atoms with van der Waals surface area (Å²) >= 11 is 0. The Labute approximate surface area is 131 Å². The van der Waals surface area contributed by atoms with Crippen molar-refractivity contribution in [3.63, 3.8) is 0 Å². The number of benzene rings is 1. The van der Waals surface area contributed by atoms with Crippen LogP contribution >= 0.6 is 0 Å². The summed E-state index contributed by atoms with van der Waals surface area (Å²) in [4.78, 5) is 23.3. The van der Waals surface area contributed by atoms with E-state index in [-0.39, 0.29) is 30.4 Å². The quantitative estimate of drug-likeness (QED) is 0.658. The first-order chi connectivity index (χ1) is 10.4. The Morgan fingerprint density at radius 3 is 2.36 bits per heavy atom. The maximum atomic E-state index is 11.7. The molecule has 22 heavy (non-hydrogen) atoms. The topological polar surface area (TPSA) is 93.5 Å². The van der Waals surface area contributed by atoms with Gasteiger partial charge in [-0.3, -0.25) is 9.59 Å². The molecule has 0 aromatic heterocycles. The predicted molar refractivity (Wildman–Crippen MR) is 85.4 cm³/mol. The lowest BCUT2D eigenvalue weighted by Gasteiger charge is -2.17. The monoisotopic (exact) mass is 307 g/mol. The fraction of sp³-hybridized carbons (Fsp3) is 0.500. The summed E-state index contributed by atoms with van der Waals surface area (Å²) in [5, 5.41) is 5.23. The molecule has 1 unspecified atom stereocenters. The molecule has 0 radical (unpaired) electrons. The highest BCUT2D eigenvalue weighted by Crippen LogP contribution is 2.10. The minimum absolute atomic E-state index is 0.0300. The second kappa shape index (κ2) is 9.04. The van der Waals surface area contributed by atoms with Gasteiger partial charge in [-0.25, -0.2) is 0 Å². The summed E-state index contributed by atoms with van der Waals surface area (Å²) in [6.45, 7) is 5.84. The van der Waals surface area contributed by atoms with Gasteiger partial charge in [0.1, 0.15) is 11.9 Å². The van der Waals surface area contributed by atoms with Crippen molar-refractivity contribution >= 4 is 11.8 Å². The molecule has 122 valence electrons. The molecule has 0 heterocycles. The summed E-state index contributed by atoms with van der Waals surface area (Å²) in [7, 11) is 0. The zero-order chi connectivity index (χ0) is 16.5. The second-order valence-electron chi connectivity index (χ2n) is 5.53. The average molecular weight is 307 g/mol. The van der Waals surface area contributed by atoms with Crippen molar-refractivity contribution in [3.05, 3.63) is 30.3 Å². The Hall–Kier alpha value is -2.08. The molecule has 0 bridgehead atoms. The van der Waals surface area contributed by atoms with E-state index in [9.17, 15) is 9.59 Å². The molecule has 1 aromatic rings. The number of carbonyl (C=O) groups is 2. The van der Waals surface area contributed by atoms with Crippen molar-refractivity contribution in [1.29, 1.82) is 0 Å². The third-order valence-corrected chi connectivity index (χ3v) is 3.11. The van der Waals surface area contributed by atoms with Crippen molar-refractivity contribution in [2.45, 2.75) is 32.9 Å². The van der Waals surface area contributed by atoms with E-state index in [0.29, 0.717) is 6.54 Å². The summed E-state index contributed by atoms with van der Waals surface area (Å²) in [6.07, 6.45) is -0.167. The van der Waals surface area contributed by atoms with Crippen LogP contribution < -0.4 is 21.1 Å². The first kappa shape index (κ1) is 18.0. The fourth-order valence-electron chi connectivity index (χ4n) is 1.68. The van der Waals surface area contributed by atoms with Crippen molar-refractivity contribution < 1.29 is 14.3 Å². The maximum absolute atomic E-state index is 11.7. The van der Waals surface area contributed by atoms with E-state index in [0.717, 1.165) is 5.75 Å². The molecule has 2 atom stereocenters. The van der Waals surface area contributed by atoms with Crippen LogP contribution in [-0.4, -0.2) is 37.0 Å². The van der Waals surface area contributed by atoms with Crippen molar-refractivity contribution in [2.24, 2.45) is 11.7 Å². The molecule has 1 aromatic carbocycles. The van der Waals surface area contributed by atoms with Gasteiger partial charge in [-0.15, -0.1) is 0 Å². The number of para-hydroxylation sites is 1. The van der Waals surface area contributed by atoms with E-state index in [1.807, 2.05) is 51.1 Å². The van der Waals surface area contributed by atoms with Crippen LogP contribution in [0.1, 0.15) is 20.8 Å². The molecule has 2 amide bonds. The van der Waals surface area contributed by atoms with Crippen molar-refractivity contribution in [1.82, 2.24) is 10.6 Å². The molecule has 0 saturated heterocycles. The van der Waals surface area contributed by atoms with Gasteiger partial charge in [0.05, 0.1) is 19.1 Å². The van der Waals surface area contributed by atoms with Gasteiger partial charge in [0, 0.05) is 0 Å². The second-order valence-corrected chi connectivity index (χ2v) is 5.53. The van der Waals surface area contributed by atoms with Crippen LogP contribution in [0.4, 0.5) is 0 Å². The summed E-state index contributed by atoms with van der Waals surface area (Å²) < 4.78 is 5.64. The van der Waals surface area contributed by atoms with Crippen LogP contribution in [0.25, 0.3) is 0 Å². The van der Waals surface area contributed by atoms with E-state index in [1.54, 1.807) is 0 Å². The van der Waals surface area contributed by atoms with E-state index < -0.39 is 6.04 Å². The lowest BCUT2D eigenvalue weighted by atomic mass is 10.1. The molecular formula is C16H25N3O3. The minimum atomic E-state index is -0.604. The number of rotatable bonds is 8. The Morgan fingerprint density at radius 2 is 1.77 bits per heavy atom. The Bertz CT molecular complexity index is 477. The highest BCUT2D eigenvalue weighted by Gasteiger charge is 2.17. The SMILES string of the molecule is CC(CNC(=O)CNC(=O)[C@@H](N)C(C)C)Oc1ccccc1. The van der Waals surface area contributed by atoms with E-state index in [2.05, 4.69) is 10.6 Å². The van der Waals surface area contributed by atoms with Gasteiger partial charge in [-0.1, -0.05) is 32.0 Å². The lowest BCUT2D eigenvalue weighted by molar-refractivity contribution is -0.127. The Balaban J connectivity index is 2.24. The number of hydrogen-bond acceptors (Lipinski definition) is 4. The molecule has 0 fully saturated rings. The molecule has 0 aliphatic rings. The highest BCUT2D eigenvalue weighted by atomic mass is 16.5. The van der Waals surface area contributed by atoms with Crippen LogP contribution in [0.2, 0.25) is 0 Å². The third-order valence-electron chi connectivity index (χ3n) is 3.11. The first-order valence-electron chi connectivity index (χ1n) is 7.42. The number of nitrogens with one attached hydrogen (secondary N) is 2. The number of nitrogens with two attached hydrogens (primary N) is 1. The van der Waals surface area contributed by atoms with Gasteiger partial charge in [-0.2, -0.15) is 0 Å². The molecule has 0 aliphatic heterocycles. The molecule has 0 spiro atoms. The van der Waals surface area contributed by atoms with Gasteiger partial charge in [0.2, 0.25) is 11.8 Å². The Morgan fingerprint density at radius 1 is 1.14 bits per heavy atom. The average Bonchev–Trinajstić information content (AvgIpc) is 2.50. The molecule has 1 rings (SSSR count). The van der Waals surface area contributed by atoms with Crippen LogP contribution in [-0.2, 0) is 9.59 Å². The van der Waals surface area contributed by atoms with Gasteiger partial charge < -0.3 is 21.1 Å². The highest BCUT2D eigenvalue weighted by molar-refractivity contribution is 5.87. The predicted octanol–water partition coefficient (Wildman–Crippen LogP) is 0.670. The number of carbonyl (C=O) groups excluding carboxylic acids is 2. The standard InChI is InChI=1S/C16H25N3O3/c1-11(2)15(17)16(21)19-10-14(20)18-9-12(3)22-13-7-5-4-6-8-13/h4-8,11-12,15H,9-10,17H2,1-3H3,(H,18,20)(H,19,21)/t12?,15-/m0/s1. The van der Waals surface area contributed by atoms with E-state index >= 15 is 0 Å². The molecule has 6 heteroatoms. The van der Waals surface area contributed by atoms with Crippen molar-refractivity contribution in [3.8, 4) is 5.75 Å². The summed E-state index contributed by atoms with van der Waals surface area (Å²) in [5.41, 5.74) is 5.69. The fourth-order valence-corrected chi connectivity index (χ4v) is 1.68. The normalized spacial score (nSPS) is 13.3. The maximum Gasteiger partial charge on any atom is 0.239 e. The summed E-state index contributed by atoms with van der Waals surface area (Å²) in [5.74, 6) is 0.189. The van der Waals surface area contributed by atoms with E-state index in [4.69, 9.17) is 10.5 Å². The van der Waals surface area contributed by atoms with Crippen LogP contribution in [0.3, 0.4) is 0 Å². The van der Waals surface area contributed by atoms with Crippen LogP contribution in [0, 0.1) is 5.92 Å². The lowest BCUT2D eigenvalue weighted by Crippen LogP contribution is -2.47. The zero-order valence-corrected chi connectivity index (χ0v) is 13.3. The molecule has 0 aliphatic carbocycles.